The van der Waals surface area contributed by atoms with Crippen molar-refractivity contribution < 1.29 is 17.2 Å². The highest BCUT2D eigenvalue weighted by Crippen LogP contribution is 2.28. The lowest BCUT2D eigenvalue weighted by Crippen LogP contribution is -2.26. The van der Waals surface area contributed by atoms with E-state index in [2.05, 4.69) is 15.4 Å². The van der Waals surface area contributed by atoms with Gasteiger partial charge in [0.2, 0.25) is 10.0 Å². The van der Waals surface area contributed by atoms with E-state index in [0.717, 1.165) is 18.2 Å². The van der Waals surface area contributed by atoms with E-state index in [-0.39, 0.29) is 23.6 Å². The van der Waals surface area contributed by atoms with Crippen LogP contribution in [-0.2, 0) is 10.0 Å². The van der Waals surface area contributed by atoms with Crippen molar-refractivity contribution in [2.45, 2.75) is 0 Å². The molecule has 0 aliphatic carbocycles. The van der Waals surface area contributed by atoms with Crippen molar-refractivity contribution in [3.63, 3.8) is 0 Å². The van der Waals surface area contributed by atoms with Crippen LogP contribution >= 0.6 is 0 Å². The minimum absolute atomic E-state index is 0.0796. The third kappa shape index (κ3) is 5.61. The second-order valence-corrected chi connectivity index (χ2v) is 7.92. The van der Waals surface area contributed by atoms with Gasteiger partial charge in [0.1, 0.15) is 11.6 Å². The Morgan fingerprint density at radius 3 is 2.57 bits per heavy atom. The van der Waals surface area contributed by atoms with Gasteiger partial charge in [-0.1, -0.05) is 6.07 Å². The third-order valence-corrected chi connectivity index (χ3v) is 5.33. The summed E-state index contributed by atoms with van der Waals surface area (Å²) in [5.74, 6) is -1.30. The minimum Gasteiger partial charge on any atom is -0.394 e. The zero-order valence-electron chi connectivity index (χ0n) is 15.5. The van der Waals surface area contributed by atoms with Crippen molar-refractivity contribution in [3.8, 4) is 11.1 Å². The fourth-order valence-electron chi connectivity index (χ4n) is 2.49. The molecule has 0 saturated heterocycles. The molecule has 0 heterocycles. The first-order valence-electron chi connectivity index (χ1n) is 8.44. The van der Waals surface area contributed by atoms with Crippen LogP contribution in [0.2, 0.25) is 0 Å². The molecule has 0 radical (unpaired) electrons. The van der Waals surface area contributed by atoms with Crippen molar-refractivity contribution in [2.75, 3.05) is 31.7 Å². The van der Waals surface area contributed by atoms with E-state index in [4.69, 9.17) is 5.41 Å². The molecule has 2 rings (SSSR count). The Bertz CT molecular complexity index is 991. The van der Waals surface area contributed by atoms with E-state index >= 15 is 0 Å². The standard InChI is InChI=1S/C19H22F2N4O2S/c1-23-8-7-18(22)16-11-13(15-12-14(20)4-5-17(15)21)3-6-19(16)25-9-10-28(26,27)24-2/h3-8,11-12,22-25H,9-10H2,1-2H3/b8-7-,22-18?. The molecule has 2 aromatic carbocycles. The average Bonchev–Trinajstić information content (AvgIpc) is 2.68. The zero-order valence-corrected chi connectivity index (χ0v) is 16.3. The Balaban J connectivity index is 2.40. The molecular formula is C19H22F2N4O2S. The second-order valence-electron chi connectivity index (χ2n) is 5.87. The Morgan fingerprint density at radius 1 is 1.14 bits per heavy atom. The maximum Gasteiger partial charge on any atom is 0.213 e. The molecule has 0 aliphatic rings. The fraction of sp³-hybridized carbons (Fsp3) is 0.211. The molecule has 0 amide bonds. The molecule has 0 aliphatic heterocycles. The van der Waals surface area contributed by atoms with E-state index < -0.39 is 21.7 Å². The average molecular weight is 408 g/mol. The van der Waals surface area contributed by atoms with Gasteiger partial charge in [0.15, 0.2) is 0 Å². The van der Waals surface area contributed by atoms with Gasteiger partial charge < -0.3 is 16.0 Å². The molecule has 0 aromatic heterocycles. The van der Waals surface area contributed by atoms with Gasteiger partial charge >= 0.3 is 0 Å². The molecule has 28 heavy (non-hydrogen) atoms. The van der Waals surface area contributed by atoms with Crippen molar-refractivity contribution in [2.24, 2.45) is 0 Å². The first kappa shape index (κ1) is 21.5. The lowest BCUT2D eigenvalue weighted by molar-refractivity contribution is 0.588. The van der Waals surface area contributed by atoms with E-state index in [9.17, 15) is 17.2 Å². The molecule has 6 nitrogen and oxygen atoms in total. The Morgan fingerprint density at radius 2 is 1.89 bits per heavy atom. The lowest BCUT2D eigenvalue weighted by Gasteiger charge is -2.14. The SMILES string of the molecule is CN/C=C\C(=N)c1cc(-c2cc(F)ccc2F)ccc1NCCS(=O)(=O)NC. The number of benzene rings is 2. The van der Waals surface area contributed by atoms with Gasteiger partial charge in [0, 0.05) is 30.4 Å². The van der Waals surface area contributed by atoms with Crippen LogP contribution in [0.25, 0.3) is 11.1 Å². The van der Waals surface area contributed by atoms with E-state index in [0.29, 0.717) is 16.8 Å². The number of allylic oxidation sites excluding steroid dienone is 1. The van der Waals surface area contributed by atoms with Crippen LogP contribution in [0.3, 0.4) is 0 Å². The number of anilines is 1. The number of hydrogen-bond donors (Lipinski definition) is 4. The summed E-state index contributed by atoms with van der Waals surface area (Å²) in [7, 11) is -0.361. The maximum absolute atomic E-state index is 14.1. The summed E-state index contributed by atoms with van der Waals surface area (Å²) in [5, 5.41) is 14.0. The third-order valence-electron chi connectivity index (χ3n) is 3.96. The van der Waals surface area contributed by atoms with Gasteiger partial charge in [-0.15, -0.1) is 0 Å². The van der Waals surface area contributed by atoms with Crippen LogP contribution in [0.1, 0.15) is 5.56 Å². The van der Waals surface area contributed by atoms with Crippen molar-refractivity contribution >= 4 is 21.4 Å². The van der Waals surface area contributed by atoms with E-state index in [1.54, 1.807) is 31.4 Å². The number of rotatable bonds is 9. The highest BCUT2D eigenvalue weighted by Gasteiger charge is 2.13. The van der Waals surface area contributed by atoms with Crippen LogP contribution in [-0.4, -0.2) is 40.5 Å². The number of nitrogens with one attached hydrogen (secondary N) is 4. The predicted molar refractivity (Wildman–Crippen MR) is 108 cm³/mol. The fourth-order valence-corrected chi connectivity index (χ4v) is 3.06. The maximum atomic E-state index is 14.1. The first-order chi connectivity index (χ1) is 13.3. The highest BCUT2D eigenvalue weighted by molar-refractivity contribution is 7.89. The summed E-state index contributed by atoms with van der Waals surface area (Å²) in [6.45, 7) is 0.118. The van der Waals surface area contributed by atoms with Crippen molar-refractivity contribution in [3.05, 3.63) is 65.9 Å². The summed E-state index contributed by atoms with van der Waals surface area (Å²) in [4.78, 5) is 0. The van der Waals surface area contributed by atoms with Crippen LogP contribution in [0.4, 0.5) is 14.5 Å². The van der Waals surface area contributed by atoms with Gasteiger partial charge in [0.05, 0.1) is 11.5 Å². The van der Waals surface area contributed by atoms with Gasteiger partial charge in [-0.2, -0.15) is 0 Å². The summed E-state index contributed by atoms with van der Waals surface area (Å²) >= 11 is 0. The van der Waals surface area contributed by atoms with Gasteiger partial charge in [-0.25, -0.2) is 21.9 Å². The molecule has 0 atom stereocenters. The smallest absolute Gasteiger partial charge is 0.213 e. The number of sulfonamides is 1. The summed E-state index contributed by atoms with van der Waals surface area (Å²) in [6.07, 6.45) is 3.07. The molecule has 0 bridgehead atoms. The zero-order chi connectivity index (χ0) is 20.7. The van der Waals surface area contributed by atoms with Crippen LogP contribution in [0.5, 0.6) is 0 Å². The summed E-state index contributed by atoms with van der Waals surface area (Å²) in [5.41, 5.74) is 1.54. The Labute approximate surface area is 163 Å². The second kappa shape index (κ2) is 9.43. The first-order valence-corrected chi connectivity index (χ1v) is 10.1. The molecule has 0 saturated carbocycles. The van der Waals surface area contributed by atoms with Gasteiger partial charge in [0.25, 0.3) is 0 Å². The monoisotopic (exact) mass is 408 g/mol. The largest absolute Gasteiger partial charge is 0.394 e. The van der Waals surface area contributed by atoms with Crippen molar-refractivity contribution in [1.29, 1.82) is 5.41 Å². The quantitative estimate of drug-likeness (QED) is 0.480. The molecule has 0 fully saturated rings. The minimum atomic E-state index is -3.38. The number of halogens is 2. The van der Waals surface area contributed by atoms with Crippen molar-refractivity contribution in [1.82, 2.24) is 10.0 Å². The molecular weight excluding hydrogens is 386 g/mol. The number of hydrogen-bond acceptors (Lipinski definition) is 5. The Kier molecular flexibility index (Phi) is 7.24. The highest BCUT2D eigenvalue weighted by atomic mass is 32.2. The molecule has 2 aromatic rings. The van der Waals surface area contributed by atoms with E-state index in [1.807, 2.05) is 0 Å². The normalized spacial score (nSPS) is 11.6. The van der Waals surface area contributed by atoms with Crippen LogP contribution in [0, 0.1) is 17.0 Å². The van der Waals surface area contributed by atoms with Gasteiger partial charge in [-0.3, -0.25) is 0 Å². The molecule has 0 spiro atoms. The summed E-state index contributed by atoms with van der Waals surface area (Å²) < 4.78 is 53.0. The molecule has 9 heteroatoms. The van der Waals surface area contributed by atoms with Gasteiger partial charge in [-0.05, 0) is 55.2 Å². The molecule has 0 unspecified atom stereocenters. The lowest BCUT2D eigenvalue weighted by atomic mass is 9.98. The topological polar surface area (TPSA) is 94.1 Å². The molecule has 4 N–H and O–H groups in total. The van der Waals surface area contributed by atoms with E-state index in [1.165, 1.54) is 13.1 Å². The summed E-state index contributed by atoms with van der Waals surface area (Å²) in [6, 6.07) is 7.94. The Hall–Kier alpha value is -2.78. The van der Waals surface area contributed by atoms with Crippen LogP contribution in [0.15, 0.2) is 48.7 Å². The molecule has 150 valence electrons. The van der Waals surface area contributed by atoms with Crippen LogP contribution < -0.4 is 15.4 Å². The predicted octanol–water partition coefficient (Wildman–Crippen LogP) is 2.69.